The highest BCUT2D eigenvalue weighted by Crippen LogP contribution is 2.19. The van der Waals surface area contributed by atoms with Gasteiger partial charge in [-0.3, -0.25) is 14.3 Å². The molecule has 0 aromatic carbocycles. The topological polar surface area (TPSA) is 85.7 Å². The fraction of sp³-hybridized carbons (Fsp3) is 0.667. The van der Waals surface area contributed by atoms with Gasteiger partial charge in [0.25, 0.3) is 5.56 Å². The Morgan fingerprint density at radius 3 is 2.65 bits per heavy atom. The summed E-state index contributed by atoms with van der Waals surface area (Å²) in [6, 6.07) is -0.0119. The van der Waals surface area contributed by atoms with Crippen LogP contribution in [0.2, 0.25) is 0 Å². The van der Waals surface area contributed by atoms with Gasteiger partial charge in [0.2, 0.25) is 5.88 Å². The van der Waals surface area contributed by atoms with Crippen LogP contribution in [0.15, 0.2) is 9.90 Å². The molecule has 0 bridgehead atoms. The first-order chi connectivity index (χ1) is 11.0. The molecule has 0 spiro atoms. The minimum atomic E-state index is -0.443. The average molecular weight is 341 g/mol. The highest BCUT2D eigenvalue weighted by molar-refractivity contribution is 7.71. The van der Waals surface area contributed by atoms with Crippen LogP contribution in [0.25, 0.3) is 0 Å². The van der Waals surface area contributed by atoms with E-state index in [1.165, 1.54) is 10.8 Å². The maximum atomic E-state index is 12.0. The van der Waals surface area contributed by atoms with Crippen molar-refractivity contribution in [1.29, 1.82) is 0 Å². The van der Waals surface area contributed by atoms with Crippen LogP contribution in [0.5, 0.6) is 5.88 Å². The number of nitrogens with zero attached hydrogens (tertiary/aromatic N) is 3. The van der Waals surface area contributed by atoms with Gasteiger partial charge < -0.3 is 15.4 Å². The first kappa shape index (κ1) is 19.4. The first-order valence-electron chi connectivity index (χ1n) is 8.02. The molecule has 7 nitrogen and oxygen atoms in total. The number of aromatic nitrogens is 2. The number of hydrogen-bond acceptors (Lipinski definition) is 6. The SMILES string of the molecule is CC[C@@H](C)n1c(O)c(C=NNCCN(CC)CC)c(=O)[nH]c1=S. The monoisotopic (exact) mass is 341 g/mol. The zero-order valence-electron chi connectivity index (χ0n) is 14.3. The average Bonchev–Trinajstić information content (AvgIpc) is 2.52. The minimum absolute atomic E-state index is 0.0119. The molecule has 1 heterocycles. The van der Waals surface area contributed by atoms with Crippen LogP contribution in [0.1, 0.15) is 45.7 Å². The van der Waals surface area contributed by atoms with E-state index in [0.717, 1.165) is 26.1 Å². The molecule has 0 fully saturated rings. The van der Waals surface area contributed by atoms with Gasteiger partial charge in [0.1, 0.15) is 5.56 Å². The minimum Gasteiger partial charge on any atom is -0.494 e. The molecule has 0 amide bonds. The van der Waals surface area contributed by atoms with Crippen molar-refractivity contribution in [3.05, 3.63) is 20.7 Å². The number of hydrazone groups is 1. The molecule has 0 unspecified atom stereocenters. The standard InChI is InChI=1S/C15H27N5O2S/c1-5-11(4)20-14(22)12(13(21)18-15(20)23)10-17-16-8-9-19(6-2)7-3/h10-11,16,22H,5-9H2,1-4H3,(H,18,21,23)/t11-/m1/s1. The van der Waals surface area contributed by atoms with Crippen molar-refractivity contribution in [2.75, 3.05) is 26.2 Å². The molecule has 0 saturated heterocycles. The van der Waals surface area contributed by atoms with E-state index >= 15 is 0 Å². The van der Waals surface area contributed by atoms with Crippen LogP contribution in [-0.2, 0) is 0 Å². The molecule has 0 aliphatic carbocycles. The number of aromatic hydroxyl groups is 1. The number of H-pyrrole nitrogens is 1. The molecule has 0 saturated carbocycles. The van der Waals surface area contributed by atoms with E-state index in [4.69, 9.17) is 12.2 Å². The second-order valence-electron chi connectivity index (χ2n) is 5.32. The maximum absolute atomic E-state index is 12.0. The quantitative estimate of drug-likeness (QED) is 0.276. The lowest BCUT2D eigenvalue weighted by Crippen LogP contribution is -2.30. The van der Waals surface area contributed by atoms with Crippen molar-refractivity contribution in [2.45, 2.75) is 40.2 Å². The number of likely N-dealkylation sites (N-methyl/N-ethyl adjacent to an activating group) is 1. The van der Waals surface area contributed by atoms with Crippen molar-refractivity contribution in [2.24, 2.45) is 5.10 Å². The maximum Gasteiger partial charge on any atom is 0.264 e. The second-order valence-corrected chi connectivity index (χ2v) is 5.70. The smallest absolute Gasteiger partial charge is 0.264 e. The summed E-state index contributed by atoms with van der Waals surface area (Å²) in [7, 11) is 0. The summed E-state index contributed by atoms with van der Waals surface area (Å²) in [4.78, 5) is 16.8. The van der Waals surface area contributed by atoms with Gasteiger partial charge in [-0.25, -0.2) is 0 Å². The summed E-state index contributed by atoms with van der Waals surface area (Å²) in [6.07, 6.45) is 2.12. The molecule has 130 valence electrons. The molecule has 0 radical (unpaired) electrons. The van der Waals surface area contributed by atoms with Crippen LogP contribution in [0, 0.1) is 4.77 Å². The zero-order chi connectivity index (χ0) is 17.4. The number of hydrogen-bond donors (Lipinski definition) is 3. The molecule has 8 heteroatoms. The summed E-state index contributed by atoms with van der Waals surface area (Å²) >= 11 is 5.12. The summed E-state index contributed by atoms with van der Waals surface area (Å²) in [6.45, 7) is 11.6. The van der Waals surface area contributed by atoms with Crippen LogP contribution >= 0.6 is 12.2 Å². The van der Waals surface area contributed by atoms with Crippen molar-refractivity contribution in [3.8, 4) is 5.88 Å². The summed E-state index contributed by atoms with van der Waals surface area (Å²) in [5.41, 5.74) is 2.56. The molecule has 1 aromatic heterocycles. The molecule has 0 aliphatic rings. The Morgan fingerprint density at radius 2 is 2.09 bits per heavy atom. The predicted octanol–water partition coefficient (Wildman–Crippen LogP) is 1.85. The Labute approximate surface area is 142 Å². The Kier molecular flexibility index (Phi) is 7.97. The fourth-order valence-corrected chi connectivity index (χ4v) is 2.54. The van der Waals surface area contributed by atoms with E-state index in [1.807, 2.05) is 13.8 Å². The van der Waals surface area contributed by atoms with Gasteiger partial charge in [-0.1, -0.05) is 20.8 Å². The molecular formula is C15H27N5O2S. The Morgan fingerprint density at radius 1 is 1.43 bits per heavy atom. The normalized spacial score (nSPS) is 12.9. The Balaban J connectivity index is 2.86. The molecular weight excluding hydrogens is 314 g/mol. The Bertz CT molecular complexity index is 634. The van der Waals surface area contributed by atoms with E-state index in [1.54, 1.807) is 0 Å². The van der Waals surface area contributed by atoms with Crippen molar-refractivity contribution < 1.29 is 5.11 Å². The van der Waals surface area contributed by atoms with Gasteiger partial charge in [0.15, 0.2) is 4.77 Å². The van der Waals surface area contributed by atoms with E-state index in [0.29, 0.717) is 6.54 Å². The summed E-state index contributed by atoms with van der Waals surface area (Å²) in [5, 5.41) is 14.4. The highest BCUT2D eigenvalue weighted by Gasteiger charge is 2.14. The van der Waals surface area contributed by atoms with Gasteiger partial charge >= 0.3 is 0 Å². The lowest BCUT2D eigenvalue weighted by molar-refractivity contribution is 0.303. The Hall–Kier alpha value is -1.67. The van der Waals surface area contributed by atoms with Crippen LogP contribution in [0.4, 0.5) is 0 Å². The molecule has 1 rings (SSSR count). The van der Waals surface area contributed by atoms with Crippen LogP contribution in [0.3, 0.4) is 0 Å². The van der Waals surface area contributed by atoms with Crippen molar-refractivity contribution >= 4 is 18.4 Å². The third-order valence-corrected chi connectivity index (χ3v) is 4.20. The van der Waals surface area contributed by atoms with Crippen molar-refractivity contribution in [3.63, 3.8) is 0 Å². The second kappa shape index (κ2) is 9.46. The fourth-order valence-electron chi connectivity index (χ4n) is 2.18. The van der Waals surface area contributed by atoms with Crippen LogP contribution in [-0.4, -0.2) is 52.0 Å². The summed E-state index contributed by atoms with van der Waals surface area (Å²) < 4.78 is 1.75. The van der Waals surface area contributed by atoms with E-state index in [2.05, 4.69) is 34.3 Å². The van der Waals surface area contributed by atoms with Crippen molar-refractivity contribution in [1.82, 2.24) is 19.9 Å². The number of nitrogens with one attached hydrogen (secondary N) is 2. The van der Waals surface area contributed by atoms with E-state index < -0.39 is 5.56 Å². The highest BCUT2D eigenvalue weighted by atomic mass is 32.1. The molecule has 1 atom stereocenters. The van der Waals surface area contributed by atoms with Gasteiger partial charge in [-0.15, -0.1) is 0 Å². The third-order valence-electron chi connectivity index (χ3n) is 3.90. The molecule has 1 aromatic rings. The lowest BCUT2D eigenvalue weighted by atomic mass is 10.2. The summed E-state index contributed by atoms with van der Waals surface area (Å²) in [5.74, 6) is -0.151. The molecule has 23 heavy (non-hydrogen) atoms. The van der Waals surface area contributed by atoms with Gasteiger partial charge in [-0.05, 0) is 38.7 Å². The van der Waals surface area contributed by atoms with Gasteiger partial charge in [0.05, 0.1) is 6.21 Å². The van der Waals surface area contributed by atoms with Gasteiger partial charge in [0, 0.05) is 19.1 Å². The largest absolute Gasteiger partial charge is 0.494 e. The number of aromatic amines is 1. The first-order valence-corrected chi connectivity index (χ1v) is 8.43. The zero-order valence-corrected chi connectivity index (χ0v) is 15.1. The predicted molar refractivity (Wildman–Crippen MR) is 95.9 cm³/mol. The van der Waals surface area contributed by atoms with Crippen LogP contribution < -0.4 is 11.0 Å². The van der Waals surface area contributed by atoms with E-state index in [9.17, 15) is 9.90 Å². The van der Waals surface area contributed by atoms with E-state index in [-0.39, 0.29) is 22.3 Å². The number of rotatable bonds is 9. The van der Waals surface area contributed by atoms with Gasteiger partial charge in [-0.2, -0.15) is 5.10 Å². The third kappa shape index (κ3) is 5.18. The lowest BCUT2D eigenvalue weighted by Gasteiger charge is -2.17. The molecule has 3 N–H and O–H groups in total. The molecule has 0 aliphatic heterocycles.